The van der Waals surface area contributed by atoms with E-state index in [1.54, 1.807) is 22.0 Å². The van der Waals surface area contributed by atoms with Crippen molar-refractivity contribution in [1.29, 1.82) is 0 Å². The summed E-state index contributed by atoms with van der Waals surface area (Å²) in [6.07, 6.45) is 5.34. The Morgan fingerprint density at radius 2 is 2.35 bits per heavy atom. The minimum Gasteiger partial charge on any atom is -0.491 e. The standard InChI is InChI=1S/C16H20N4O3/c1-19-7-12-8-20(15(21)11-22-2)9-13(16(12)18-19)10-23-14-4-3-5-17-6-14/h3-7,13H,8-11H2,1-2H3/t13-/m0/s1. The van der Waals surface area contributed by atoms with Gasteiger partial charge in [0.1, 0.15) is 12.4 Å². The van der Waals surface area contributed by atoms with Crippen molar-refractivity contribution in [3.05, 3.63) is 42.0 Å². The maximum Gasteiger partial charge on any atom is 0.248 e. The van der Waals surface area contributed by atoms with Crippen LogP contribution in [0, 0.1) is 0 Å². The molecule has 7 heteroatoms. The lowest BCUT2D eigenvalue weighted by Gasteiger charge is -2.31. The topological polar surface area (TPSA) is 69.5 Å². The smallest absolute Gasteiger partial charge is 0.248 e. The molecule has 0 spiro atoms. The van der Waals surface area contributed by atoms with Gasteiger partial charge in [0.25, 0.3) is 0 Å². The first kappa shape index (κ1) is 15.5. The molecule has 1 aliphatic heterocycles. The molecule has 7 nitrogen and oxygen atoms in total. The van der Waals surface area contributed by atoms with Gasteiger partial charge in [-0.05, 0) is 12.1 Å². The number of ether oxygens (including phenoxy) is 2. The predicted octanol–water partition coefficient (Wildman–Crippen LogP) is 0.966. The number of nitrogens with zero attached hydrogens (tertiary/aromatic N) is 4. The van der Waals surface area contributed by atoms with Crippen molar-refractivity contribution < 1.29 is 14.3 Å². The molecule has 1 amide bonds. The first-order valence-corrected chi connectivity index (χ1v) is 7.49. The molecular formula is C16H20N4O3. The molecule has 0 N–H and O–H groups in total. The molecule has 3 heterocycles. The van der Waals surface area contributed by atoms with Gasteiger partial charge in [0.2, 0.25) is 5.91 Å². The van der Waals surface area contributed by atoms with Crippen molar-refractivity contribution in [1.82, 2.24) is 19.7 Å². The number of carbonyl (C=O) groups is 1. The Hall–Kier alpha value is -2.41. The molecular weight excluding hydrogens is 296 g/mol. The molecule has 0 radical (unpaired) electrons. The van der Waals surface area contributed by atoms with E-state index in [9.17, 15) is 4.79 Å². The Balaban J connectivity index is 1.75. The maximum atomic E-state index is 12.2. The van der Waals surface area contributed by atoms with Gasteiger partial charge in [-0.25, -0.2) is 0 Å². The van der Waals surface area contributed by atoms with Crippen LogP contribution in [-0.2, 0) is 23.1 Å². The monoisotopic (exact) mass is 316 g/mol. The summed E-state index contributed by atoms with van der Waals surface area (Å²) in [7, 11) is 3.42. The van der Waals surface area contributed by atoms with Crippen molar-refractivity contribution in [2.24, 2.45) is 7.05 Å². The summed E-state index contributed by atoms with van der Waals surface area (Å²) in [6.45, 7) is 1.68. The number of aromatic nitrogens is 3. The van der Waals surface area contributed by atoms with Crippen molar-refractivity contribution in [2.75, 3.05) is 26.9 Å². The summed E-state index contributed by atoms with van der Waals surface area (Å²) in [6, 6.07) is 3.69. The normalized spacial score (nSPS) is 17.0. The van der Waals surface area contributed by atoms with Gasteiger partial charge in [-0.3, -0.25) is 14.5 Å². The molecule has 0 bridgehead atoms. The molecule has 23 heavy (non-hydrogen) atoms. The van der Waals surface area contributed by atoms with E-state index in [0.717, 1.165) is 11.3 Å². The first-order chi connectivity index (χ1) is 11.2. The lowest BCUT2D eigenvalue weighted by atomic mass is 9.97. The second kappa shape index (κ2) is 6.78. The third-order valence-electron chi connectivity index (χ3n) is 3.83. The lowest BCUT2D eigenvalue weighted by molar-refractivity contribution is -0.136. The minimum atomic E-state index is -0.0200. The SMILES string of the molecule is COCC(=O)N1Cc2cn(C)nc2[C@H](COc2cccnc2)C1. The first-order valence-electron chi connectivity index (χ1n) is 7.49. The van der Waals surface area contributed by atoms with Crippen LogP contribution >= 0.6 is 0 Å². The molecule has 0 saturated carbocycles. The molecule has 0 unspecified atom stereocenters. The second-order valence-electron chi connectivity index (χ2n) is 5.62. The van der Waals surface area contributed by atoms with Gasteiger partial charge >= 0.3 is 0 Å². The highest BCUT2D eigenvalue weighted by Gasteiger charge is 2.31. The van der Waals surface area contributed by atoms with Gasteiger partial charge < -0.3 is 14.4 Å². The fourth-order valence-electron chi connectivity index (χ4n) is 2.81. The van der Waals surface area contributed by atoms with Gasteiger partial charge in [-0.1, -0.05) is 0 Å². The minimum absolute atomic E-state index is 0.0200. The molecule has 122 valence electrons. The number of hydrogen-bond acceptors (Lipinski definition) is 5. The van der Waals surface area contributed by atoms with E-state index in [0.29, 0.717) is 25.4 Å². The Labute approximate surface area is 134 Å². The van der Waals surface area contributed by atoms with E-state index in [2.05, 4.69) is 10.1 Å². The number of amides is 1. The van der Waals surface area contributed by atoms with Gasteiger partial charge in [0, 0.05) is 45.2 Å². The van der Waals surface area contributed by atoms with Gasteiger partial charge in [-0.15, -0.1) is 0 Å². The van der Waals surface area contributed by atoms with Crippen LogP contribution in [0.5, 0.6) is 5.75 Å². The van der Waals surface area contributed by atoms with E-state index in [-0.39, 0.29) is 18.4 Å². The molecule has 3 rings (SSSR count). The Morgan fingerprint density at radius 1 is 1.48 bits per heavy atom. The van der Waals surface area contributed by atoms with Gasteiger partial charge in [0.15, 0.2) is 0 Å². The Morgan fingerprint density at radius 3 is 3.09 bits per heavy atom. The lowest BCUT2D eigenvalue weighted by Crippen LogP contribution is -2.41. The largest absolute Gasteiger partial charge is 0.491 e. The average Bonchev–Trinajstić information content (AvgIpc) is 2.94. The number of methoxy groups -OCH3 is 1. The molecule has 0 saturated heterocycles. The van der Waals surface area contributed by atoms with Crippen molar-refractivity contribution in [3.8, 4) is 5.75 Å². The Kier molecular flexibility index (Phi) is 4.57. The summed E-state index contributed by atoms with van der Waals surface area (Å²) >= 11 is 0. The molecule has 2 aromatic rings. The van der Waals surface area contributed by atoms with Crippen LogP contribution in [-0.4, -0.2) is 52.4 Å². The van der Waals surface area contributed by atoms with Crippen LogP contribution in [0.1, 0.15) is 17.2 Å². The highest BCUT2D eigenvalue weighted by Crippen LogP contribution is 2.27. The van der Waals surface area contributed by atoms with Crippen molar-refractivity contribution in [3.63, 3.8) is 0 Å². The second-order valence-corrected chi connectivity index (χ2v) is 5.62. The van der Waals surface area contributed by atoms with E-state index in [1.165, 1.54) is 7.11 Å². The molecule has 2 aromatic heterocycles. The number of fused-ring (bicyclic) bond motifs is 1. The predicted molar refractivity (Wildman–Crippen MR) is 83.0 cm³/mol. The van der Waals surface area contributed by atoms with Crippen molar-refractivity contribution in [2.45, 2.75) is 12.5 Å². The summed E-state index contributed by atoms with van der Waals surface area (Å²) in [4.78, 5) is 18.0. The van der Waals surface area contributed by atoms with E-state index in [4.69, 9.17) is 9.47 Å². The molecule has 0 fully saturated rings. The van der Waals surface area contributed by atoms with Crippen LogP contribution < -0.4 is 4.74 Å². The average molecular weight is 316 g/mol. The molecule has 0 aromatic carbocycles. The fraction of sp³-hybridized carbons (Fsp3) is 0.438. The number of rotatable bonds is 5. The van der Waals surface area contributed by atoms with Crippen LogP contribution in [0.25, 0.3) is 0 Å². The van der Waals surface area contributed by atoms with Gasteiger partial charge in [0.05, 0.1) is 24.4 Å². The van der Waals surface area contributed by atoms with Crippen LogP contribution in [0.2, 0.25) is 0 Å². The maximum absolute atomic E-state index is 12.2. The van der Waals surface area contributed by atoms with E-state index >= 15 is 0 Å². The zero-order chi connectivity index (χ0) is 16.2. The molecule has 1 aliphatic rings. The van der Waals surface area contributed by atoms with E-state index in [1.807, 2.05) is 25.4 Å². The Bertz CT molecular complexity index is 671. The third kappa shape index (κ3) is 3.50. The quantitative estimate of drug-likeness (QED) is 0.822. The van der Waals surface area contributed by atoms with Gasteiger partial charge in [-0.2, -0.15) is 5.10 Å². The highest BCUT2D eigenvalue weighted by molar-refractivity contribution is 5.77. The zero-order valence-corrected chi connectivity index (χ0v) is 13.3. The number of carbonyl (C=O) groups excluding carboxylic acids is 1. The summed E-state index contributed by atoms with van der Waals surface area (Å²) < 4.78 is 12.6. The van der Waals surface area contributed by atoms with Crippen LogP contribution in [0.4, 0.5) is 0 Å². The summed E-state index contributed by atoms with van der Waals surface area (Å²) in [5.74, 6) is 0.722. The third-order valence-corrected chi connectivity index (χ3v) is 3.83. The highest BCUT2D eigenvalue weighted by atomic mass is 16.5. The number of pyridine rings is 1. The van der Waals surface area contributed by atoms with E-state index < -0.39 is 0 Å². The van der Waals surface area contributed by atoms with Crippen molar-refractivity contribution >= 4 is 5.91 Å². The summed E-state index contributed by atoms with van der Waals surface area (Å²) in [5, 5.41) is 4.54. The fourth-order valence-corrected chi connectivity index (χ4v) is 2.81. The molecule has 0 aliphatic carbocycles. The number of aryl methyl sites for hydroxylation is 1. The van der Waals surface area contributed by atoms with Crippen LogP contribution in [0.3, 0.4) is 0 Å². The van der Waals surface area contributed by atoms with Crippen LogP contribution in [0.15, 0.2) is 30.7 Å². The number of hydrogen-bond donors (Lipinski definition) is 0. The summed E-state index contributed by atoms with van der Waals surface area (Å²) in [5.41, 5.74) is 2.06. The zero-order valence-electron chi connectivity index (χ0n) is 13.3. The molecule has 1 atom stereocenters.